The fourth-order valence-electron chi connectivity index (χ4n) is 2.88. The summed E-state index contributed by atoms with van der Waals surface area (Å²) in [7, 11) is 0. The maximum Gasteiger partial charge on any atom is 0.269 e. The van der Waals surface area contributed by atoms with Crippen molar-refractivity contribution in [3.63, 3.8) is 0 Å². The number of hydrogen-bond acceptors (Lipinski definition) is 3. The number of amides is 2. The minimum absolute atomic E-state index is 0.313. The Morgan fingerprint density at radius 1 is 0.960 bits per heavy atom. The van der Waals surface area contributed by atoms with Gasteiger partial charge in [-0.3, -0.25) is 9.59 Å². The number of carbonyl (C=O) groups is 2. The molecule has 1 heterocycles. The van der Waals surface area contributed by atoms with Gasteiger partial charge >= 0.3 is 0 Å². The summed E-state index contributed by atoms with van der Waals surface area (Å²) in [5.74, 6) is -0.295. The van der Waals surface area contributed by atoms with E-state index in [-0.39, 0.29) is 11.8 Å². The first-order valence-electron chi connectivity index (χ1n) is 8.44. The van der Waals surface area contributed by atoms with Gasteiger partial charge in [0.25, 0.3) is 11.8 Å². The maximum atomic E-state index is 13.0. The number of rotatable bonds is 4. The lowest BCUT2D eigenvalue weighted by atomic mass is 9.93. The molecule has 4 nitrogen and oxygen atoms in total. The molecule has 3 rings (SSSR count). The molecule has 0 saturated carbocycles. The molecule has 0 fully saturated rings. The number of fused-ring (bicyclic) bond motifs is 1. The number of nitrogens with zero attached hydrogens (tertiary/aromatic N) is 1. The molecule has 0 aromatic heterocycles. The summed E-state index contributed by atoms with van der Waals surface area (Å²) in [5.41, 5.74) is 3.23. The highest BCUT2D eigenvalue weighted by Crippen LogP contribution is 2.32. The lowest BCUT2D eigenvalue weighted by Crippen LogP contribution is -2.41. The molecule has 1 aliphatic rings. The molecule has 4 heteroatoms. The van der Waals surface area contributed by atoms with Gasteiger partial charge in [0, 0.05) is 11.1 Å². The minimum atomic E-state index is -0.366. The second kappa shape index (κ2) is 6.93. The van der Waals surface area contributed by atoms with E-state index in [1.807, 2.05) is 37.3 Å². The van der Waals surface area contributed by atoms with Crippen molar-refractivity contribution < 1.29 is 14.3 Å². The van der Waals surface area contributed by atoms with Gasteiger partial charge in [0.15, 0.2) is 0 Å². The third kappa shape index (κ3) is 3.07. The predicted octanol–water partition coefficient (Wildman–Crippen LogP) is 4.37. The molecule has 128 valence electrons. The van der Waals surface area contributed by atoms with E-state index in [0.717, 1.165) is 5.56 Å². The standard InChI is InChI=1S/C21H21NO3/c1-4-25-13-19-17-7-5-6-8-18(17)20(23)22(21(19)24)16-11-9-15(10-12-16)14(2)3/h5-14H,4H2,1-3H3/b19-13-. The van der Waals surface area contributed by atoms with Crippen LogP contribution < -0.4 is 4.90 Å². The average molecular weight is 335 g/mol. The molecule has 0 atom stereocenters. The van der Waals surface area contributed by atoms with Crippen LogP contribution in [0.1, 0.15) is 48.2 Å². The van der Waals surface area contributed by atoms with Crippen LogP contribution in [0.15, 0.2) is 54.8 Å². The predicted molar refractivity (Wildman–Crippen MR) is 98.4 cm³/mol. The Kier molecular flexibility index (Phi) is 4.70. The number of benzene rings is 2. The highest BCUT2D eigenvalue weighted by molar-refractivity contribution is 6.40. The van der Waals surface area contributed by atoms with E-state index in [9.17, 15) is 9.59 Å². The molecule has 0 aliphatic carbocycles. The molecular weight excluding hydrogens is 314 g/mol. The average Bonchev–Trinajstić information content (AvgIpc) is 2.62. The van der Waals surface area contributed by atoms with Crippen molar-refractivity contribution in [1.29, 1.82) is 0 Å². The van der Waals surface area contributed by atoms with Crippen LogP contribution in [0.4, 0.5) is 5.69 Å². The summed E-state index contributed by atoms with van der Waals surface area (Å²) in [6.45, 7) is 6.51. The Balaban J connectivity index is 2.09. The summed E-state index contributed by atoms with van der Waals surface area (Å²) in [4.78, 5) is 27.1. The van der Waals surface area contributed by atoms with Crippen LogP contribution in [0.3, 0.4) is 0 Å². The van der Waals surface area contributed by atoms with E-state index >= 15 is 0 Å². The molecule has 2 amide bonds. The summed E-state index contributed by atoms with van der Waals surface area (Å²) >= 11 is 0. The largest absolute Gasteiger partial charge is 0.501 e. The second-order valence-electron chi connectivity index (χ2n) is 6.22. The van der Waals surface area contributed by atoms with E-state index in [0.29, 0.717) is 34.9 Å². The lowest BCUT2D eigenvalue weighted by molar-refractivity contribution is -0.113. The number of anilines is 1. The van der Waals surface area contributed by atoms with E-state index < -0.39 is 0 Å². The van der Waals surface area contributed by atoms with Crippen LogP contribution in [-0.4, -0.2) is 18.4 Å². The summed E-state index contributed by atoms with van der Waals surface area (Å²) in [6, 6.07) is 14.7. The van der Waals surface area contributed by atoms with E-state index in [1.165, 1.54) is 11.2 Å². The van der Waals surface area contributed by atoms with Crippen molar-refractivity contribution in [1.82, 2.24) is 0 Å². The molecule has 0 bridgehead atoms. The van der Waals surface area contributed by atoms with Crippen molar-refractivity contribution in [2.24, 2.45) is 0 Å². The zero-order valence-electron chi connectivity index (χ0n) is 14.7. The first-order valence-corrected chi connectivity index (χ1v) is 8.44. The van der Waals surface area contributed by atoms with Gasteiger partial charge in [0.05, 0.1) is 24.1 Å². The first-order chi connectivity index (χ1) is 12.0. The molecule has 0 spiro atoms. The van der Waals surface area contributed by atoms with Crippen molar-refractivity contribution in [2.45, 2.75) is 26.7 Å². The molecule has 1 aliphatic heterocycles. The van der Waals surface area contributed by atoms with Gasteiger partial charge in [-0.1, -0.05) is 44.2 Å². The SMILES string of the molecule is CCO/C=C1\C(=O)N(c2ccc(C(C)C)cc2)C(=O)c2ccccc21. The van der Waals surface area contributed by atoms with Gasteiger partial charge in [0.1, 0.15) is 0 Å². The molecule has 25 heavy (non-hydrogen) atoms. The molecular formula is C21H21NO3. The highest BCUT2D eigenvalue weighted by atomic mass is 16.5. The second-order valence-corrected chi connectivity index (χ2v) is 6.22. The van der Waals surface area contributed by atoms with Crippen LogP contribution in [0.5, 0.6) is 0 Å². The number of carbonyl (C=O) groups excluding carboxylic acids is 2. The Bertz CT molecular complexity index is 834. The topological polar surface area (TPSA) is 46.6 Å². The molecule has 2 aromatic rings. The number of imide groups is 1. The fraction of sp³-hybridized carbons (Fsp3) is 0.238. The zero-order valence-corrected chi connectivity index (χ0v) is 14.7. The Morgan fingerprint density at radius 3 is 2.20 bits per heavy atom. The zero-order chi connectivity index (χ0) is 18.0. The monoisotopic (exact) mass is 335 g/mol. The van der Waals surface area contributed by atoms with Gasteiger partial charge < -0.3 is 4.74 Å². The van der Waals surface area contributed by atoms with Crippen LogP contribution in [-0.2, 0) is 9.53 Å². The van der Waals surface area contributed by atoms with Gasteiger partial charge in [0.2, 0.25) is 0 Å². The van der Waals surface area contributed by atoms with Crippen LogP contribution in [0.2, 0.25) is 0 Å². The number of ether oxygens (including phenoxy) is 1. The third-order valence-electron chi connectivity index (χ3n) is 4.27. The van der Waals surface area contributed by atoms with Crippen molar-refractivity contribution in [2.75, 3.05) is 11.5 Å². The Morgan fingerprint density at radius 2 is 1.60 bits per heavy atom. The Hall–Kier alpha value is -2.88. The molecule has 0 unspecified atom stereocenters. The van der Waals surface area contributed by atoms with E-state index in [1.54, 1.807) is 18.2 Å². The minimum Gasteiger partial charge on any atom is -0.501 e. The maximum absolute atomic E-state index is 13.0. The van der Waals surface area contributed by atoms with Gasteiger partial charge in [-0.15, -0.1) is 0 Å². The van der Waals surface area contributed by atoms with Crippen molar-refractivity contribution in [3.05, 3.63) is 71.5 Å². The van der Waals surface area contributed by atoms with Gasteiger partial charge in [-0.2, -0.15) is 0 Å². The molecule has 0 N–H and O–H groups in total. The molecule has 0 radical (unpaired) electrons. The van der Waals surface area contributed by atoms with E-state index in [2.05, 4.69) is 13.8 Å². The normalized spacial score (nSPS) is 15.7. The van der Waals surface area contributed by atoms with Crippen LogP contribution >= 0.6 is 0 Å². The summed E-state index contributed by atoms with van der Waals surface area (Å²) in [5, 5.41) is 0. The molecule has 0 saturated heterocycles. The van der Waals surface area contributed by atoms with Crippen molar-refractivity contribution in [3.8, 4) is 0 Å². The fourth-order valence-corrected chi connectivity index (χ4v) is 2.88. The molecule has 2 aromatic carbocycles. The van der Waals surface area contributed by atoms with Crippen LogP contribution in [0, 0.1) is 0 Å². The van der Waals surface area contributed by atoms with E-state index in [4.69, 9.17) is 4.74 Å². The smallest absolute Gasteiger partial charge is 0.269 e. The quantitative estimate of drug-likeness (QED) is 0.473. The van der Waals surface area contributed by atoms with Gasteiger partial charge in [-0.05, 0) is 36.6 Å². The van der Waals surface area contributed by atoms with Gasteiger partial charge in [-0.25, -0.2) is 4.90 Å². The number of hydrogen-bond donors (Lipinski definition) is 0. The third-order valence-corrected chi connectivity index (χ3v) is 4.27. The summed E-state index contributed by atoms with van der Waals surface area (Å²) < 4.78 is 5.35. The van der Waals surface area contributed by atoms with Crippen LogP contribution in [0.25, 0.3) is 5.57 Å². The van der Waals surface area contributed by atoms with Crippen molar-refractivity contribution >= 4 is 23.1 Å². The summed E-state index contributed by atoms with van der Waals surface area (Å²) in [6.07, 6.45) is 1.45. The Labute approximate surface area is 147 Å². The lowest BCUT2D eigenvalue weighted by Gasteiger charge is -2.28. The first kappa shape index (κ1) is 17.0. The highest BCUT2D eigenvalue weighted by Gasteiger charge is 2.36.